The summed E-state index contributed by atoms with van der Waals surface area (Å²) in [7, 11) is 0. The standard InChI is InChI=1S/C14H10ClNO2/c1-7-11(15)6-5-9-8-3-2-4-10(14(17)18)13(8)16-12(7)9/h2-6,16H,1H3,(H,17,18). The van der Waals surface area contributed by atoms with Crippen LogP contribution in [0.4, 0.5) is 0 Å². The fourth-order valence-electron chi connectivity index (χ4n) is 2.29. The van der Waals surface area contributed by atoms with Crippen LogP contribution in [0.15, 0.2) is 30.3 Å². The van der Waals surface area contributed by atoms with Crippen molar-refractivity contribution in [2.75, 3.05) is 0 Å². The molecule has 3 aromatic rings. The monoisotopic (exact) mass is 259 g/mol. The van der Waals surface area contributed by atoms with Crippen molar-refractivity contribution in [1.82, 2.24) is 4.98 Å². The van der Waals surface area contributed by atoms with Crippen LogP contribution in [0.3, 0.4) is 0 Å². The largest absolute Gasteiger partial charge is 0.478 e. The first kappa shape index (κ1) is 11.1. The zero-order valence-electron chi connectivity index (χ0n) is 9.62. The number of aryl methyl sites for hydroxylation is 1. The molecular formula is C14H10ClNO2. The Bertz CT molecular complexity index is 789. The summed E-state index contributed by atoms with van der Waals surface area (Å²) in [4.78, 5) is 14.4. The first-order valence-electron chi connectivity index (χ1n) is 5.52. The van der Waals surface area contributed by atoms with Crippen LogP contribution in [0, 0.1) is 6.92 Å². The van der Waals surface area contributed by atoms with Crippen molar-refractivity contribution in [1.29, 1.82) is 0 Å². The van der Waals surface area contributed by atoms with Crippen molar-refractivity contribution < 1.29 is 9.90 Å². The highest BCUT2D eigenvalue weighted by Gasteiger charge is 2.14. The molecule has 0 saturated heterocycles. The van der Waals surface area contributed by atoms with Crippen molar-refractivity contribution in [3.8, 4) is 0 Å². The number of fused-ring (bicyclic) bond motifs is 3. The van der Waals surface area contributed by atoms with Crippen LogP contribution in [0.1, 0.15) is 15.9 Å². The van der Waals surface area contributed by atoms with Gasteiger partial charge in [-0.1, -0.05) is 29.8 Å². The number of nitrogens with one attached hydrogen (secondary N) is 1. The van der Waals surface area contributed by atoms with E-state index in [1.807, 2.05) is 25.1 Å². The highest BCUT2D eigenvalue weighted by Crippen LogP contribution is 2.32. The van der Waals surface area contributed by atoms with E-state index in [-0.39, 0.29) is 5.56 Å². The molecule has 3 nitrogen and oxygen atoms in total. The average Bonchev–Trinajstić information content (AvgIpc) is 2.72. The second-order valence-electron chi connectivity index (χ2n) is 4.25. The molecule has 0 bridgehead atoms. The van der Waals surface area contributed by atoms with Crippen molar-refractivity contribution in [3.05, 3.63) is 46.5 Å². The third-order valence-corrected chi connectivity index (χ3v) is 3.64. The molecule has 4 heteroatoms. The summed E-state index contributed by atoms with van der Waals surface area (Å²) < 4.78 is 0. The van der Waals surface area contributed by atoms with Gasteiger partial charge in [-0.3, -0.25) is 0 Å². The lowest BCUT2D eigenvalue weighted by Gasteiger charge is -1.98. The molecule has 1 aromatic heterocycles. The Hall–Kier alpha value is -2.00. The molecule has 0 aliphatic rings. The lowest BCUT2D eigenvalue weighted by Crippen LogP contribution is -1.96. The van der Waals surface area contributed by atoms with Crippen LogP contribution in [0.5, 0.6) is 0 Å². The van der Waals surface area contributed by atoms with E-state index in [0.717, 1.165) is 21.9 Å². The van der Waals surface area contributed by atoms with Gasteiger partial charge in [0, 0.05) is 15.8 Å². The van der Waals surface area contributed by atoms with Crippen LogP contribution in [-0.4, -0.2) is 16.1 Å². The van der Waals surface area contributed by atoms with Crippen molar-refractivity contribution in [3.63, 3.8) is 0 Å². The molecule has 0 aliphatic heterocycles. The van der Waals surface area contributed by atoms with E-state index in [4.69, 9.17) is 11.6 Å². The van der Waals surface area contributed by atoms with Gasteiger partial charge in [-0.2, -0.15) is 0 Å². The summed E-state index contributed by atoms with van der Waals surface area (Å²) in [5.74, 6) is -0.934. The highest BCUT2D eigenvalue weighted by atomic mass is 35.5. The molecule has 0 radical (unpaired) electrons. The number of H-pyrrole nitrogens is 1. The minimum Gasteiger partial charge on any atom is -0.478 e. The highest BCUT2D eigenvalue weighted by molar-refractivity contribution is 6.32. The molecule has 0 atom stereocenters. The van der Waals surface area contributed by atoms with Gasteiger partial charge in [-0.25, -0.2) is 4.79 Å². The van der Waals surface area contributed by atoms with E-state index in [9.17, 15) is 9.90 Å². The van der Waals surface area contributed by atoms with Crippen LogP contribution < -0.4 is 0 Å². The molecule has 0 amide bonds. The number of carboxylic acids is 1. The van der Waals surface area contributed by atoms with Gasteiger partial charge in [0.15, 0.2) is 0 Å². The van der Waals surface area contributed by atoms with E-state index in [2.05, 4.69) is 4.98 Å². The number of rotatable bonds is 1. The summed E-state index contributed by atoms with van der Waals surface area (Å²) in [5.41, 5.74) is 2.75. The Balaban J connectivity index is 2.54. The summed E-state index contributed by atoms with van der Waals surface area (Å²) >= 11 is 6.08. The number of aromatic carboxylic acids is 1. The first-order valence-corrected chi connectivity index (χ1v) is 5.90. The van der Waals surface area contributed by atoms with Crippen molar-refractivity contribution >= 4 is 39.4 Å². The van der Waals surface area contributed by atoms with Crippen LogP contribution in [0.25, 0.3) is 21.8 Å². The Morgan fingerprint density at radius 2 is 1.89 bits per heavy atom. The zero-order valence-corrected chi connectivity index (χ0v) is 10.4. The minimum absolute atomic E-state index is 0.277. The molecule has 3 rings (SSSR count). The number of halogens is 1. The van der Waals surface area contributed by atoms with Gasteiger partial charge in [-0.15, -0.1) is 0 Å². The van der Waals surface area contributed by atoms with E-state index in [0.29, 0.717) is 10.5 Å². The number of hydrogen-bond donors (Lipinski definition) is 2. The maximum Gasteiger partial charge on any atom is 0.337 e. The number of carboxylic acid groups (broad SMARTS) is 1. The molecule has 0 saturated carbocycles. The van der Waals surface area contributed by atoms with Gasteiger partial charge < -0.3 is 10.1 Å². The molecule has 0 aliphatic carbocycles. The van der Waals surface area contributed by atoms with E-state index in [1.165, 1.54) is 0 Å². The molecule has 0 fully saturated rings. The fraction of sp³-hybridized carbons (Fsp3) is 0.0714. The zero-order chi connectivity index (χ0) is 12.9. The SMILES string of the molecule is Cc1c(Cl)ccc2c1[nH]c1c(C(=O)O)cccc12. The van der Waals surface area contributed by atoms with Gasteiger partial charge in [0.25, 0.3) is 0 Å². The summed E-state index contributed by atoms with van der Waals surface area (Å²) in [6, 6.07) is 9.00. The van der Waals surface area contributed by atoms with Gasteiger partial charge >= 0.3 is 5.97 Å². The van der Waals surface area contributed by atoms with Gasteiger partial charge in [0.05, 0.1) is 16.6 Å². The van der Waals surface area contributed by atoms with Crippen LogP contribution >= 0.6 is 11.6 Å². The topological polar surface area (TPSA) is 53.1 Å². The van der Waals surface area contributed by atoms with E-state index >= 15 is 0 Å². The molecule has 0 unspecified atom stereocenters. The normalized spacial score (nSPS) is 11.2. The van der Waals surface area contributed by atoms with Gasteiger partial charge in [0.2, 0.25) is 0 Å². The molecule has 2 N–H and O–H groups in total. The first-order chi connectivity index (χ1) is 8.59. The number of para-hydroxylation sites is 1. The lowest BCUT2D eigenvalue weighted by molar-refractivity contribution is 0.0699. The third kappa shape index (κ3) is 1.41. The summed E-state index contributed by atoms with van der Waals surface area (Å²) in [6.07, 6.45) is 0. The Kier molecular flexibility index (Phi) is 2.31. The summed E-state index contributed by atoms with van der Waals surface area (Å²) in [6.45, 7) is 1.92. The second-order valence-corrected chi connectivity index (χ2v) is 4.66. The van der Waals surface area contributed by atoms with Crippen molar-refractivity contribution in [2.45, 2.75) is 6.92 Å². The Labute approximate surface area is 108 Å². The molecule has 90 valence electrons. The number of benzene rings is 2. The predicted octanol–water partition coefficient (Wildman–Crippen LogP) is 3.98. The minimum atomic E-state index is -0.934. The average molecular weight is 260 g/mol. The smallest absolute Gasteiger partial charge is 0.337 e. The lowest BCUT2D eigenvalue weighted by atomic mass is 10.1. The van der Waals surface area contributed by atoms with Gasteiger partial charge in [0.1, 0.15) is 0 Å². The van der Waals surface area contributed by atoms with Crippen molar-refractivity contribution in [2.24, 2.45) is 0 Å². The quantitative estimate of drug-likeness (QED) is 0.694. The number of hydrogen-bond acceptors (Lipinski definition) is 1. The number of aromatic amines is 1. The predicted molar refractivity (Wildman–Crippen MR) is 72.5 cm³/mol. The maximum absolute atomic E-state index is 11.2. The Morgan fingerprint density at radius 1 is 1.17 bits per heavy atom. The summed E-state index contributed by atoms with van der Waals surface area (Å²) in [5, 5.41) is 11.8. The molecule has 1 heterocycles. The number of carbonyl (C=O) groups is 1. The Morgan fingerprint density at radius 3 is 2.61 bits per heavy atom. The number of aromatic nitrogens is 1. The fourth-order valence-corrected chi connectivity index (χ4v) is 2.44. The molecular weight excluding hydrogens is 250 g/mol. The van der Waals surface area contributed by atoms with Crippen LogP contribution in [-0.2, 0) is 0 Å². The van der Waals surface area contributed by atoms with E-state index < -0.39 is 5.97 Å². The van der Waals surface area contributed by atoms with Gasteiger partial charge in [-0.05, 0) is 24.6 Å². The third-order valence-electron chi connectivity index (χ3n) is 3.23. The van der Waals surface area contributed by atoms with Crippen LogP contribution in [0.2, 0.25) is 5.02 Å². The molecule has 18 heavy (non-hydrogen) atoms. The molecule has 0 spiro atoms. The maximum atomic E-state index is 11.2. The second kappa shape index (κ2) is 3.75. The molecule has 2 aromatic carbocycles. The van der Waals surface area contributed by atoms with E-state index in [1.54, 1.807) is 12.1 Å².